The Morgan fingerprint density at radius 3 is 2.00 bits per heavy atom. The van der Waals surface area contributed by atoms with Gasteiger partial charge in [-0.2, -0.15) is 0 Å². The van der Waals surface area contributed by atoms with Crippen LogP contribution in [0.5, 0.6) is 0 Å². The van der Waals surface area contributed by atoms with E-state index in [4.69, 9.17) is 0 Å². The molecule has 0 saturated carbocycles. The maximum absolute atomic E-state index is 4.03. The summed E-state index contributed by atoms with van der Waals surface area (Å²) in [7, 11) is 0. The van der Waals surface area contributed by atoms with Gasteiger partial charge in [0.05, 0.1) is 11.4 Å². The third kappa shape index (κ3) is 8.53. The highest BCUT2D eigenvalue weighted by atomic mass is 15.0. The van der Waals surface area contributed by atoms with E-state index in [9.17, 15) is 0 Å². The van der Waals surface area contributed by atoms with E-state index in [-0.39, 0.29) is 0 Å². The zero-order chi connectivity index (χ0) is 16.1. The maximum atomic E-state index is 4.03. The van der Waals surface area contributed by atoms with Gasteiger partial charge < -0.3 is 10.6 Å². The van der Waals surface area contributed by atoms with Gasteiger partial charge in [-0.1, -0.05) is 50.5 Å². The molecule has 0 spiro atoms. The third-order valence-corrected chi connectivity index (χ3v) is 2.61. The molecule has 0 heterocycles. The topological polar surface area (TPSA) is 24.1 Å². The molecule has 114 valence electrons. The summed E-state index contributed by atoms with van der Waals surface area (Å²) in [5.74, 6) is 0. The highest BCUT2D eigenvalue weighted by Crippen LogP contribution is 2.06. The molecule has 0 radical (unpaired) electrons. The van der Waals surface area contributed by atoms with Crippen molar-refractivity contribution in [2.24, 2.45) is 0 Å². The molecule has 0 aliphatic rings. The number of rotatable bonds is 9. The van der Waals surface area contributed by atoms with Gasteiger partial charge in [0.15, 0.2) is 0 Å². The van der Waals surface area contributed by atoms with Crippen molar-refractivity contribution in [3.8, 4) is 0 Å². The molecule has 0 aliphatic heterocycles. The molecule has 0 aliphatic carbocycles. The predicted octanol–water partition coefficient (Wildman–Crippen LogP) is 5.10. The smallest absolute Gasteiger partial charge is 0.0544 e. The third-order valence-electron chi connectivity index (χ3n) is 2.61. The molecule has 0 aromatic carbocycles. The Kier molecular flexibility index (Phi) is 10.4. The summed E-state index contributed by atoms with van der Waals surface area (Å²) in [5, 5.41) is 6.51. The summed E-state index contributed by atoms with van der Waals surface area (Å²) in [6.45, 7) is 16.1. The molecule has 0 saturated heterocycles. The van der Waals surface area contributed by atoms with E-state index < -0.39 is 0 Å². The van der Waals surface area contributed by atoms with Gasteiger partial charge in [0.2, 0.25) is 0 Å². The average molecular weight is 284 g/mol. The van der Waals surface area contributed by atoms with E-state index in [1.807, 2.05) is 63.3 Å². The first-order valence-corrected chi connectivity index (χ1v) is 7.29. The minimum Gasteiger partial charge on any atom is -0.355 e. The van der Waals surface area contributed by atoms with Crippen LogP contribution in [-0.2, 0) is 0 Å². The fraction of sp³-hybridized carbons (Fsp3) is 0.263. The van der Waals surface area contributed by atoms with E-state index in [0.29, 0.717) is 0 Å². The molecule has 0 fully saturated rings. The summed E-state index contributed by atoms with van der Waals surface area (Å²) >= 11 is 0. The highest BCUT2D eigenvalue weighted by molar-refractivity contribution is 5.35. The van der Waals surface area contributed by atoms with Crippen molar-refractivity contribution in [2.45, 2.75) is 34.1 Å². The fourth-order valence-corrected chi connectivity index (χ4v) is 1.47. The van der Waals surface area contributed by atoms with Crippen LogP contribution in [0.15, 0.2) is 84.6 Å². The van der Waals surface area contributed by atoms with Crippen LogP contribution < -0.4 is 10.6 Å². The van der Waals surface area contributed by atoms with Crippen LogP contribution >= 0.6 is 0 Å². The lowest BCUT2D eigenvalue weighted by molar-refractivity contribution is 0.930. The molecule has 0 unspecified atom stereocenters. The lowest BCUT2D eigenvalue weighted by Crippen LogP contribution is -2.20. The number of allylic oxidation sites excluding steroid dienone is 8. The lowest BCUT2D eigenvalue weighted by Gasteiger charge is -2.15. The van der Waals surface area contributed by atoms with Crippen molar-refractivity contribution < 1.29 is 0 Å². The Morgan fingerprint density at radius 1 is 0.905 bits per heavy atom. The van der Waals surface area contributed by atoms with Gasteiger partial charge >= 0.3 is 0 Å². The van der Waals surface area contributed by atoms with Crippen molar-refractivity contribution in [1.29, 1.82) is 0 Å². The number of nitrogens with one attached hydrogen (secondary N) is 2. The van der Waals surface area contributed by atoms with Crippen LogP contribution in [0.3, 0.4) is 0 Å². The first-order chi connectivity index (χ1) is 10.1. The van der Waals surface area contributed by atoms with Crippen LogP contribution in [0.1, 0.15) is 34.1 Å². The maximum Gasteiger partial charge on any atom is 0.0544 e. The van der Waals surface area contributed by atoms with E-state index >= 15 is 0 Å². The average Bonchev–Trinajstić information content (AvgIpc) is 2.48. The molecule has 0 rings (SSSR count). The predicted molar refractivity (Wildman–Crippen MR) is 95.5 cm³/mol. The largest absolute Gasteiger partial charge is 0.355 e. The van der Waals surface area contributed by atoms with Gasteiger partial charge in [-0.05, 0) is 45.4 Å². The van der Waals surface area contributed by atoms with E-state index in [2.05, 4.69) is 36.8 Å². The minimum absolute atomic E-state index is 0.744. The van der Waals surface area contributed by atoms with Crippen molar-refractivity contribution in [3.05, 3.63) is 84.6 Å². The van der Waals surface area contributed by atoms with Crippen LogP contribution in [-0.4, -0.2) is 0 Å². The molecule has 0 aromatic heterocycles. The van der Waals surface area contributed by atoms with Gasteiger partial charge in [-0.3, -0.25) is 0 Å². The molecule has 2 N–H and O–H groups in total. The molecular formula is C19H28N2. The zero-order valence-corrected chi connectivity index (χ0v) is 13.7. The van der Waals surface area contributed by atoms with Gasteiger partial charge in [-0.25, -0.2) is 0 Å². The summed E-state index contributed by atoms with van der Waals surface area (Å²) in [6, 6.07) is 0. The van der Waals surface area contributed by atoms with Crippen molar-refractivity contribution in [2.75, 3.05) is 0 Å². The fourth-order valence-electron chi connectivity index (χ4n) is 1.47. The molecule has 2 heteroatoms. The summed E-state index contributed by atoms with van der Waals surface area (Å²) in [5.41, 5.74) is 3.47. The first kappa shape index (κ1) is 18.8. The van der Waals surface area contributed by atoms with Gasteiger partial charge in [0.1, 0.15) is 0 Å². The van der Waals surface area contributed by atoms with Gasteiger partial charge in [0, 0.05) is 11.4 Å². The molecule has 21 heavy (non-hydrogen) atoms. The van der Waals surface area contributed by atoms with Gasteiger partial charge in [-0.15, -0.1) is 0 Å². The molecule has 0 amide bonds. The standard InChI is InChI=1S/C19H28N2/c1-7-11-14-18(10-4)20-16(5)17(6)21-19(13-9-3)15-12-8-2/h8-15,20-21H,5-7H2,1-4H3/b12-8-,13-9-,14-11-,18-10+,19-15+. The lowest BCUT2D eigenvalue weighted by atomic mass is 10.2. The number of hydrogen-bond acceptors (Lipinski definition) is 2. The first-order valence-electron chi connectivity index (χ1n) is 7.29. The molecule has 0 bridgehead atoms. The summed E-state index contributed by atoms with van der Waals surface area (Å²) in [4.78, 5) is 0. The second-order valence-electron chi connectivity index (χ2n) is 4.41. The second-order valence-corrected chi connectivity index (χ2v) is 4.41. The van der Waals surface area contributed by atoms with Crippen molar-refractivity contribution in [1.82, 2.24) is 10.6 Å². The van der Waals surface area contributed by atoms with Crippen molar-refractivity contribution in [3.63, 3.8) is 0 Å². The SMILES string of the molecule is C=C(NC(/C=C\CC)=C/C)C(=C)NC(/C=C\C)=C/C=C\C. The van der Waals surface area contributed by atoms with E-state index in [1.54, 1.807) is 0 Å². The minimum atomic E-state index is 0.744. The zero-order valence-electron chi connectivity index (χ0n) is 13.7. The molecular weight excluding hydrogens is 256 g/mol. The van der Waals surface area contributed by atoms with Crippen LogP contribution in [0, 0.1) is 0 Å². The Bertz CT molecular complexity index is 486. The Balaban J connectivity index is 4.77. The monoisotopic (exact) mass is 284 g/mol. The Morgan fingerprint density at radius 2 is 1.52 bits per heavy atom. The molecule has 0 aromatic rings. The number of hydrogen-bond donors (Lipinski definition) is 2. The summed E-state index contributed by atoms with van der Waals surface area (Å²) in [6.07, 6.45) is 17.1. The molecule has 2 nitrogen and oxygen atoms in total. The highest BCUT2D eigenvalue weighted by Gasteiger charge is 2.01. The second kappa shape index (κ2) is 11.6. The normalized spacial score (nSPS) is 13.3. The Labute approximate surface area is 130 Å². The van der Waals surface area contributed by atoms with Gasteiger partial charge in [0.25, 0.3) is 0 Å². The Hall–Kier alpha value is -2.22. The van der Waals surface area contributed by atoms with Crippen LogP contribution in [0.25, 0.3) is 0 Å². The van der Waals surface area contributed by atoms with Crippen molar-refractivity contribution >= 4 is 0 Å². The quantitative estimate of drug-likeness (QED) is 0.576. The van der Waals surface area contributed by atoms with E-state index in [1.165, 1.54) is 0 Å². The van der Waals surface area contributed by atoms with E-state index in [0.717, 1.165) is 29.2 Å². The van der Waals surface area contributed by atoms with Crippen LogP contribution in [0.2, 0.25) is 0 Å². The van der Waals surface area contributed by atoms with Crippen LogP contribution in [0.4, 0.5) is 0 Å². The summed E-state index contributed by atoms with van der Waals surface area (Å²) < 4.78 is 0. The molecule has 0 atom stereocenters.